The quantitative estimate of drug-likeness (QED) is 0.742. The molecule has 0 heterocycles. The molecule has 25 heavy (non-hydrogen) atoms. The predicted molar refractivity (Wildman–Crippen MR) is 95.3 cm³/mol. The van der Waals surface area contributed by atoms with E-state index in [9.17, 15) is 14.4 Å². The Bertz CT molecular complexity index is 750. The molecule has 0 atom stereocenters. The fraction of sp³-hybridized carbons (Fsp3) is 0.167. The normalized spacial score (nSPS) is 9.96. The molecule has 0 spiro atoms. The van der Waals surface area contributed by atoms with Crippen LogP contribution in [0.25, 0.3) is 0 Å². The Morgan fingerprint density at radius 3 is 2.24 bits per heavy atom. The summed E-state index contributed by atoms with van der Waals surface area (Å²) in [4.78, 5) is 35.1. The molecule has 2 aromatic carbocycles. The average molecular weight is 361 g/mol. The Labute approximate surface area is 150 Å². The molecular weight excluding hydrogens is 344 g/mol. The summed E-state index contributed by atoms with van der Waals surface area (Å²) in [6, 6.07) is 15.6. The van der Waals surface area contributed by atoms with Crippen molar-refractivity contribution < 1.29 is 19.1 Å². The topological polar surface area (TPSA) is 84.5 Å². The zero-order valence-electron chi connectivity index (χ0n) is 13.3. The number of carbonyl (C=O) groups excluding carboxylic acids is 3. The van der Waals surface area contributed by atoms with Gasteiger partial charge in [0.25, 0.3) is 5.91 Å². The molecule has 7 heteroatoms. The van der Waals surface area contributed by atoms with Crippen molar-refractivity contribution in [1.82, 2.24) is 0 Å². The number of carbonyl (C=O) groups is 3. The lowest BCUT2D eigenvalue weighted by molar-refractivity contribution is -0.147. The first-order chi connectivity index (χ1) is 12.0. The van der Waals surface area contributed by atoms with Crippen LogP contribution in [0.4, 0.5) is 11.4 Å². The van der Waals surface area contributed by atoms with Gasteiger partial charge in [-0.15, -0.1) is 0 Å². The van der Waals surface area contributed by atoms with Crippen LogP contribution in [0.1, 0.15) is 12.8 Å². The van der Waals surface area contributed by atoms with Crippen molar-refractivity contribution in [3.63, 3.8) is 0 Å². The van der Waals surface area contributed by atoms with Gasteiger partial charge in [0, 0.05) is 12.1 Å². The Hall–Kier alpha value is -2.86. The van der Waals surface area contributed by atoms with E-state index in [0.717, 1.165) is 0 Å². The molecule has 0 saturated heterocycles. The van der Waals surface area contributed by atoms with Gasteiger partial charge in [0.15, 0.2) is 6.61 Å². The highest BCUT2D eigenvalue weighted by Crippen LogP contribution is 2.20. The van der Waals surface area contributed by atoms with Gasteiger partial charge >= 0.3 is 5.97 Å². The number of halogens is 1. The molecular formula is C18H17ClN2O4. The van der Waals surface area contributed by atoms with Gasteiger partial charge in [0.05, 0.1) is 17.1 Å². The van der Waals surface area contributed by atoms with Crippen molar-refractivity contribution in [3.8, 4) is 0 Å². The number of esters is 1. The van der Waals surface area contributed by atoms with Crippen molar-refractivity contribution in [1.29, 1.82) is 0 Å². The number of benzene rings is 2. The predicted octanol–water partition coefficient (Wildman–Crippen LogP) is 3.24. The van der Waals surface area contributed by atoms with Crippen LogP contribution in [-0.2, 0) is 19.1 Å². The standard InChI is InChI=1S/C18H17ClN2O4/c19-14-8-4-5-9-15(14)21-17(23)12-25-18(24)11-10-16(22)20-13-6-2-1-3-7-13/h1-9H,10-12H2,(H,20,22)(H,21,23). The smallest absolute Gasteiger partial charge is 0.306 e. The molecule has 2 rings (SSSR count). The summed E-state index contributed by atoms with van der Waals surface area (Å²) in [5.74, 6) is -1.43. The number of nitrogens with one attached hydrogen (secondary N) is 2. The Morgan fingerprint density at radius 2 is 1.52 bits per heavy atom. The summed E-state index contributed by atoms with van der Waals surface area (Å²) in [6.07, 6.45) is -0.141. The van der Waals surface area contributed by atoms with Gasteiger partial charge in [-0.1, -0.05) is 41.9 Å². The molecule has 0 aliphatic rings. The number of amides is 2. The lowest BCUT2D eigenvalue weighted by Crippen LogP contribution is -2.22. The second-order valence-corrected chi connectivity index (χ2v) is 5.51. The Kier molecular flexibility index (Phi) is 6.98. The fourth-order valence-corrected chi connectivity index (χ4v) is 2.11. The van der Waals surface area contributed by atoms with E-state index >= 15 is 0 Å². The zero-order valence-corrected chi connectivity index (χ0v) is 14.1. The van der Waals surface area contributed by atoms with E-state index in [0.29, 0.717) is 16.4 Å². The highest BCUT2D eigenvalue weighted by Gasteiger charge is 2.11. The van der Waals surface area contributed by atoms with Crippen molar-refractivity contribution in [3.05, 3.63) is 59.6 Å². The summed E-state index contributed by atoms with van der Waals surface area (Å²) in [5.41, 5.74) is 1.09. The highest BCUT2D eigenvalue weighted by molar-refractivity contribution is 6.33. The highest BCUT2D eigenvalue weighted by atomic mass is 35.5. The van der Waals surface area contributed by atoms with E-state index in [1.807, 2.05) is 6.07 Å². The van der Waals surface area contributed by atoms with Crippen molar-refractivity contribution in [2.24, 2.45) is 0 Å². The summed E-state index contributed by atoms with van der Waals surface area (Å²) in [5, 5.41) is 5.58. The van der Waals surface area contributed by atoms with E-state index in [4.69, 9.17) is 16.3 Å². The van der Waals surface area contributed by atoms with Crippen LogP contribution >= 0.6 is 11.6 Å². The Morgan fingerprint density at radius 1 is 0.840 bits per heavy atom. The van der Waals surface area contributed by atoms with E-state index in [1.54, 1.807) is 48.5 Å². The van der Waals surface area contributed by atoms with E-state index in [2.05, 4.69) is 10.6 Å². The molecule has 130 valence electrons. The van der Waals surface area contributed by atoms with Gasteiger partial charge in [-0.3, -0.25) is 14.4 Å². The summed E-state index contributed by atoms with van der Waals surface area (Å²) in [6.45, 7) is -0.440. The minimum absolute atomic E-state index is 0.0279. The van der Waals surface area contributed by atoms with Gasteiger partial charge in [0.1, 0.15) is 0 Å². The first-order valence-electron chi connectivity index (χ1n) is 7.59. The SMILES string of the molecule is O=C(CCC(=O)OCC(=O)Nc1ccccc1Cl)Nc1ccccc1. The number of anilines is 2. The third-order valence-corrected chi connectivity index (χ3v) is 3.46. The lowest BCUT2D eigenvalue weighted by Gasteiger charge is -2.08. The van der Waals surface area contributed by atoms with Crippen LogP contribution in [0.3, 0.4) is 0 Å². The van der Waals surface area contributed by atoms with E-state index in [-0.39, 0.29) is 18.7 Å². The zero-order chi connectivity index (χ0) is 18.1. The van der Waals surface area contributed by atoms with Crippen LogP contribution in [0.5, 0.6) is 0 Å². The second-order valence-electron chi connectivity index (χ2n) is 5.10. The lowest BCUT2D eigenvalue weighted by atomic mass is 10.2. The van der Waals surface area contributed by atoms with Crippen LogP contribution < -0.4 is 10.6 Å². The van der Waals surface area contributed by atoms with E-state index in [1.165, 1.54) is 0 Å². The third kappa shape index (κ3) is 6.64. The summed E-state index contributed by atoms with van der Waals surface area (Å²) >= 11 is 5.92. The molecule has 6 nitrogen and oxygen atoms in total. The minimum Gasteiger partial charge on any atom is -0.456 e. The summed E-state index contributed by atoms with van der Waals surface area (Å²) in [7, 11) is 0. The van der Waals surface area contributed by atoms with Crippen molar-refractivity contribution in [2.45, 2.75) is 12.8 Å². The monoisotopic (exact) mass is 360 g/mol. The van der Waals surface area contributed by atoms with Gasteiger partial charge in [-0.05, 0) is 24.3 Å². The average Bonchev–Trinajstić information content (AvgIpc) is 2.61. The van der Waals surface area contributed by atoms with Crippen LogP contribution in [0, 0.1) is 0 Å². The van der Waals surface area contributed by atoms with Crippen LogP contribution in [-0.4, -0.2) is 24.4 Å². The number of hydrogen-bond donors (Lipinski definition) is 2. The van der Waals surface area contributed by atoms with Gasteiger partial charge < -0.3 is 15.4 Å². The maximum Gasteiger partial charge on any atom is 0.306 e. The number of hydrogen-bond acceptors (Lipinski definition) is 4. The third-order valence-electron chi connectivity index (χ3n) is 3.13. The molecule has 0 radical (unpaired) electrons. The molecule has 0 saturated carbocycles. The maximum atomic E-state index is 11.7. The van der Waals surface area contributed by atoms with Crippen LogP contribution in [0.2, 0.25) is 5.02 Å². The van der Waals surface area contributed by atoms with Crippen LogP contribution in [0.15, 0.2) is 54.6 Å². The minimum atomic E-state index is -0.627. The largest absolute Gasteiger partial charge is 0.456 e. The molecule has 0 unspecified atom stereocenters. The number of rotatable bonds is 7. The Balaban J connectivity index is 1.67. The number of ether oxygens (including phenoxy) is 1. The molecule has 2 amide bonds. The molecule has 0 fully saturated rings. The second kappa shape index (κ2) is 9.44. The molecule has 0 aliphatic heterocycles. The van der Waals surface area contributed by atoms with E-state index < -0.39 is 18.5 Å². The first kappa shape index (κ1) is 18.5. The summed E-state index contributed by atoms with van der Waals surface area (Å²) < 4.78 is 4.84. The number of para-hydroxylation sites is 2. The molecule has 2 aromatic rings. The maximum absolute atomic E-state index is 11.7. The first-order valence-corrected chi connectivity index (χ1v) is 7.97. The molecule has 2 N–H and O–H groups in total. The van der Waals surface area contributed by atoms with Crippen molar-refractivity contribution >= 4 is 40.8 Å². The molecule has 0 aromatic heterocycles. The fourth-order valence-electron chi connectivity index (χ4n) is 1.93. The molecule has 0 aliphatic carbocycles. The van der Waals surface area contributed by atoms with Crippen molar-refractivity contribution in [2.75, 3.05) is 17.2 Å². The molecule has 0 bridgehead atoms. The van der Waals surface area contributed by atoms with Gasteiger partial charge in [-0.25, -0.2) is 0 Å². The van der Waals surface area contributed by atoms with Gasteiger partial charge in [0.2, 0.25) is 5.91 Å². The van der Waals surface area contributed by atoms with Gasteiger partial charge in [-0.2, -0.15) is 0 Å².